The number of aliphatic hydroxyl groups excluding tert-OH is 2. The minimum absolute atomic E-state index is 0.308. The zero-order valence-corrected chi connectivity index (χ0v) is 9.09. The van der Waals surface area contributed by atoms with Crippen molar-refractivity contribution < 1.29 is 15.0 Å². The molecule has 1 rings (SSSR count). The van der Waals surface area contributed by atoms with Gasteiger partial charge in [-0.1, -0.05) is 15.9 Å². The summed E-state index contributed by atoms with van der Waals surface area (Å²) in [5.41, 5.74) is 0. The first kappa shape index (κ1) is 10.8. The number of carbonyl (C=O) groups excluding carboxylic acids is 1. The summed E-state index contributed by atoms with van der Waals surface area (Å²) in [4.78, 5) is 11.5. The summed E-state index contributed by atoms with van der Waals surface area (Å²) < 4.78 is 0. The average molecular weight is 265 g/mol. The topological polar surface area (TPSA) is 57.5 Å². The molecular weight excluding hydrogens is 256 g/mol. The number of aliphatic hydroxyl groups is 2. The highest BCUT2D eigenvalue weighted by molar-refractivity contribution is 9.09. The Balaban J connectivity index is 2.76. The van der Waals surface area contributed by atoms with Crippen LogP contribution in [0.2, 0.25) is 0 Å². The molecule has 0 saturated heterocycles. The highest BCUT2D eigenvalue weighted by atomic mass is 79.9. The highest BCUT2D eigenvalue weighted by Gasteiger charge is 2.18. The number of halogens is 1. The van der Waals surface area contributed by atoms with Crippen molar-refractivity contribution in [2.24, 2.45) is 0 Å². The fourth-order valence-corrected chi connectivity index (χ4v) is 2.09. The maximum absolute atomic E-state index is 10.3. The normalized spacial score (nSPS) is 15.3. The van der Waals surface area contributed by atoms with E-state index in [9.17, 15) is 15.0 Å². The summed E-state index contributed by atoms with van der Waals surface area (Å²) in [5.74, 6) is 0. The lowest BCUT2D eigenvalue weighted by atomic mass is 10.2. The number of rotatable bonds is 4. The summed E-state index contributed by atoms with van der Waals surface area (Å²) >= 11 is 4.25. The second-order valence-corrected chi connectivity index (χ2v) is 4.32. The Morgan fingerprint density at radius 1 is 1.54 bits per heavy atom. The molecule has 2 unspecified atom stereocenters. The van der Waals surface area contributed by atoms with E-state index in [4.69, 9.17) is 0 Å². The summed E-state index contributed by atoms with van der Waals surface area (Å²) in [7, 11) is 0. The predicted molar refractivity (Wildman–Crippen MR) is 54.5 cm³/mol. The first-order valence-electron chi connectivity index (χ1n) is 3.66. The third-order valence-corrected chi connectivity index (χ3v) is 3.32. The molecule has 5 heteroatoms. The molecule has 0 amide bonds. The van der Waals surface area contributed by atoms with Gasteiger partial charge in [-0.2, -0.15) is 0 Å². The van der Waals surface area contributed by atoms with E-state index < -0.39 is 12.2 Å². The van der Waals surface area contributed by atoms with Crippen LogP contribution in [-0.4, -0.2) is 27.9 Å². The Kier molecular flexibility index (Phi) is 4.05. The van der Waals surface area contributed by atoms with Crippen molar-refractivity contribution in [1.29, 1.82) is 0 Å². The van der Waals surface area contributed by atoms with Crippen molar-refractivity contribution in [3.8, 4) is 0 Å². The van der Waals surface area contributed by atoms with Crippen LogP contribution in [0.1, 0.15) is 20.7 Å². The summed E-state index contributed by atoms with van der Waals surface area (Å²) in [5, 5.41) is 19.1. The van der Waals surface area contributed by atoms with E-state index in [1.165, 1.54) is 11.3 Å². The summed E-state index contributed by atoms with van der Waals surface area (Å²) in [6.45, 7) is 0. The van der Waals surface area contributed by atoms with Gasteiger partial charge in [0, 0.05) is 10.2 Å². The van der Waals surface area contributed by atoms with Crippen LogP contribution < -0.4 is 0 Å². The van der Waals surface area contributed by atoms with Crippen molar-refractivity contribution >= 4 is 33.6 Å². The zero-order valence-electron chi connectivity index (χ0n) is 6.68. The molecule has 0 aliphatic rings. The lowest BCUT2D eigenvalue weighted by Crippen LogP contribution is -2.18. The first-order valence-corrected chi connectivity index (χ1v) is 5.60. The van der Waals surface area contributed by atoms with Gasteiger partial charge in [-0.25, -0.2) is 0 Å². The van der Waals surface area contributed by atoms with Crippen molar-refractivity contribution in [1.82, 2.24) is 0 Å². The lowest BCUT2D eigenvalue weighted by molar-refractivity contribution is 0.0366. The third-order valence-electron chi connectivity index (χ3n) is 1.58. The second kappa shape index (κ2) is 4.85. The Morgan fingerprint density at radius 3 is 2.69 bits per heavy atom. The summed E-state index contributed by atoms with van der Waals surface area (Å²) in [6.07, 6.45) is -1.03. The molecular formula is C8H9BrO3S. The minimum atomic E-state index is -0.918. The van der Waals surface area contributed by atoms with E-state index in [0.29, 0.717) is 15.1 Å². The van der Waals surface area contributed by atoms with Crippen molar-refractivity contribution in [3.05, 3.63) is 21.9 Å². The van der Waals surface area contributed by atoms with Crippen LogP contribution in [0.4, 0.5) is 0 Å². The van der Waals surface area contributed by atoms with Gasteiger partial charge >= 0.3 is 0 Å². The Labute approximate surface area is 88.1 Å². The van der Waals surface area contributed by atoms with Crippen LogP contribution in [0.5, 0.6) is 0 Å². The highest BCUT2D eigenvalue weighted by Crippen LogP contribution is 2.25. The number of hydrogen-bond donors (Lipinski definition) is 2. The zero-order chi connectivity index (χ0) is 9.84. The molecule has 1 heterocycles. The number of carbonyl (C=O) groups is 1. The van der Waals surface area contributed by atoms with Gasteiger partial charge in [-0.05, 0) is 12.1 Å². The number of aldehydes is 1. The quantitative estimate of drug-likeness (QED) is 0.638. The van der Waals surface area contributed by atoms with Crippen LogP contribution >= 0.6 is 27.3 Å². The van der Waals surface area contributed by atoms with Crippen LogP contribution in [0.3, 0.4) is 0 Å². The number of thiophene rings is 1. The molecule has 13 heavy (non-hydrogen) atoms. The predicted octanol–water partition coefficient (Wildman–Crippen LogP) is 1.35. The van der Waals surface area contributed by atoms with E-state index in [2.05, 4.69) is 15.9 Å². The van der Waals surface area contributed by atoms with Gasteiger partial charge in [0.05, 0.1) is 11.0 Å². The molecule has 0 aliphatic heterocycles. The van der Waals surface area contributed by atoms with E-state index >= 15 is 0 Å². The van der Waals surface area contributed by atoms with Gasteiger partial charge < -0.3 is 10.2 Å². The molecule has 72 valence electrons. The molecule has 0 bridgehead atoms. The summed E-state index contributed by atoms with van der Waals surface area (Å²) in [6, 6.07) is 3.27. The third kappa shape index (κ3) is 2.60. The van der Waals surface area contributed by atoms with Gasteiger partial charge in [0.1, 0.15) is 6.10 Å². The molecule has 2 atom stereocenters. The molecule has 0 aromatic carbocycles. The Hall–Kier alpha value is -0.230. The minimum Gasteiger partial charge on any atom is -0.389 e. The van der Waals surface area contributed by atoms with E-state index in [1.54, 1.807) is 12.1 Å². The monoisotopic (exact) mass is 264 g/mol. The molecule has 0 saturated carbocycles. The largest absolute Gasteiger partial charge is 0.389 e. The smallest absolute Gasteiger partial charge is 0.160 e. The molecule has 0 spiro atoms. The fraction of sp³-hybridized carbons (Fsp3) is 0.375. The van der Waals surface area contributed by atoms with E-state index in [1.807, 2.05) is 0 Å². The van der Waals surface area contributed by atoms with Crippen LogP contribution in [0, 0.1) is 0 Å². The van der Waals surface area contributed by atoms with Gasteiger partial charge in [0.15, 0.2) is 6.29 Å². The van der Waals surface area contributed by atoms with E-state index in [-0.39, 0.29) is 0 Å². The van der Waals surface area contributed by atoms with Crippen molar-refractivity contribution in [2.45, 2.75) is 12.2 Å². The molecule has 1 aromatic heterocycles. The maximum Gasteiger partial charge on any atom is 0.160 e. The first-order chi connectivity index (χ1) is 6.19. The molecule has 1 aromatic rings. The van der Waals surface area contributed by atoms with Gasteiger partial charge in [-0.3, -0.25) is 4.79 Å². The van der Waals surface area contributed by atoms with Gasteiger partial charge in [0.2, 0.25) is 0 Å². The van der Waals surface area contributed by atoms with Crippen molar-refractivity contribution in [3.63, 3.8) is 0 Å². The van der Waals surface area contributed by atoms with E-state index in [0.717, 1.165) is 6.29 Å². The molecule has 3 nitrogen and oxygen atoms in total. The Morgan fingerprint density at radius 2 is 2.23 bits per heavy atom. The molecule has 0 radical (unpaired) electrons. The van der Waals surface area contributed by atoms with Crippen molar-refractivity contribution in [2.75, 3.05) is 5.33 Å². The lowest BCUT2D eigenvalue weighted by Gasteiger charge is -2.12. The SMILES string of the molecule is O=Cc1ccc(C(O)C(O)CBr)s1. The number of hydrogen-bond acceptors (Lipinski definition) is 4. The second-order valence-electron chi connectivity index (χ2n) is 2.52. The number of alkyl halides is 1. The maximum atomic E-state index is 10.3. The standard InChI is InChI=1S/C8H9BrO3S/c9-3-6(11)8(12)7-2-1-5(4-10)13-7/h1-2,4,6,8,11-12H,3H2. The van der Waals surface area contributed by atoms with Crippen LogP contribution in [0.15, 0.2) is 12.1 Å². The molecule has 0 aliphatic carbocycles. The fourth-order valence-electron chi connectivity index (χ4n) is 0.865. The average Bonchev–Trinajstić information content (AvgIpc) is 2.63. The van der Waals surface area contributed by atoms with Gasteiger partial charge in [-0.15, -0.1) is 11.3 Å². The molecule has 0 fully saturated rings. The van der Waals surface area contributed by atoms with Gasteiger partial charge in [0.25, 0.3) is 0 Å². The Bertz CT molecular complexity index is 287. The van der Waals surface area contributed by atoms with Crippen LogP contribution in [0.25, 0.3) is 0 Å². The molecule has 2 N–H and O–H groups in total. The van der Waals surface area contributed by atoms with Crippen LogP contribution in [-0.2, 0) is 0 Å².